The van der Waals surface area contributed by atoms with E-state index in [0.29, 0.717) is 0 Å². The van der Waals surface area contributed by atoms with Crippen molar-refractivity contribution in [3.05, 3.63) is 59.7 Å². The standard InChI is InChI=1S/C22H30N2O4S/c1-5-9-18(3)23-22(25)16-24(15-19-10-7-6-8-11-19)29(26,27)21-14-17(2)12-13-20(21)28-4/h6-8,10-14,18H,5,9,15-16H2,1-4H3,(H,23,25)/t18-/m0/s1. The summed E-state index contributed by atoms with van der Waals surface area (Å²) in [4.78, 5) is 12.6. The van der Waals surface area contributed by atoms with Gasteiger partial charge in [-0.05, 0) is 43.5 Å². The average molecular weight is 419 g/mol. The minimum absolute atomic E-state index is 0.0118. The van der Waals surface area contributed by atoms with Crippen LogP contribution < -0.4 is 10.1 Å². The largest absolute Gasteiger partial charge is 0.495 e. The smallest absolute Gasteiger partial charge is 0.247 e. The Morgan fingerprint density at radius 2 is 1.86 bits per heavy atom. The molecule has 7 heteroatoms. The van der Waals surface area contributed by atoms with E-state index in [1.54, 1.807) is 18.2 Å². The summed E-state index contributed by atoms with van der Waals surface area (Å²) in [5.74, 6) is -0.0644. The molecule has 0 unspecified atom stereocenters. The molecule has 1 N–H and O–H groups in total. The van der Waals surface area contributed by atoms with E-state index >= 15 is 0 Å². The molecule has 2 aromatic rings. The second-order valence-corrected chi connectivity index (χ2v) is 9.08. The third kappa shape index (κ3) is 6.30. The summed E-state index contributed by atoms with van der Waals surface area (Å²) in [5.41, 5.74) is 1.60. The van der Waals surface area contributed by atoms with E-state index in [4.69, 9.17) is 4.74 Å². The highest BCUT2D eigenvalue weighted by Gasteiger charge is 2.30. The molecular formula is C22H30N2O4S. The van der Waals surface area contributed by atoms with Gasteiger partial charge in [-0.2, -0.15) is 4.31 Å². The van der Waals surface area contributed by atoms with Crippen LogP contribution in [0.5, 0.6) is 5.75 Å². The summed E-state index contributed by atoms with van der Waals surface area (Å²) in [6.07, 6.45) is 1.77. The molecule has 0 saturated heterocycles. The number of ether oxygens (including phenoxy) is 1. The number of carbonyl (C=O) groups excluding carboxylic acids is 1. The maximum Gasteiger partial charge on any atom is 0.247 e. The normalized spacial score (nSPS) is 12.6. The minimum atomic E-state index is -3.96. The molecule has 0 saturated carbocycles. The van der Waals surface area contributed by atoms with Crippen molar-refractivity contribution < 1.29 is 17.9 Å². The van der Waals surface area contributed by atoms with Crippen molar-refractivity contribution >= 4 is 15.9 Å². The first-order valence-electron chi connectivity index (χ1n) is 9.76. The minimum Gasteiger partial charge on any atom is -0.495 e. The lowest BCUT2D eigenvalue weighted by molar-refractivity contribution is -0.122. The molecule has 2 aromatic carbocycles. The summed E-state index contributed by atoms with van der Waals surface area (Å²) >= 11 is 0. The van der Waals surface area contributed by atoms with Gasteiger partial charge in [0.1, 0.15) is 10.6 Å². The first-order chi connectivity index (χ1) is 13.8. The number of hydrogen-bond donors (Lipinski definition) is 1. The number of nitrogens with one attached hydrogen (secondary N) is 1. The van der Waals surface area contributed by atoms with Crippen molar-refractivity contribution in [1.82, 2.24) is 9.62 Å². The maximum absolute atomic E-state index is 13.5. The zero-order chi connectivity index (χ0) is 21.4. The van der Waals surface area contributed by atoms with Gasteiger partial charge in [0.2, 0.25) is 15.9 Å². The van der Waals surface area contributed by atoms with Gasteiger partial charge in [0.05, 0.1) is 13.7 Å². The van der Waals surface area contributed by atoms with E-state index in [0.717, 1.165) is 24.0 Å². The molecule has 0 heterocycles. The van der Waals surface area contributed by atoms with Crippen LogP contribution in [-0.2, 0) is 21.4 Å². The predicted molar refractivity (Wildman–Crippen MR) is 114 cm³/mol. The van der Waals surface area contributed by atoms with Crippen molar-refractivity contribution in [2.75, 3.05) is 13.7 Å². The molecule has 0 fully saturated rings. The number of nitrogens with zero attached hydrogens (tertiary/aromatic N) is 1. The Labute approximate surface area is 173 Å². The highest BCUT2D eigenvalue weighted by Crippen LogP contribution is 2.28. The van der Waals surface area contributed by atoms with Gasteiger partial charge in [0, 0.05) is 12.6 Å². The Kier molecular flexibility index (Phi) is 8.22. The fraction of sp³-hybridized carbons (Fsp3) is 0.409. The van der Waals surface area contributed by atoms with Gasteiger partial charge in [0.15, 0.2) is 0 Å². The van der Waals surface area contributed by atoms with Crippen molar-refractivity contribution in [3.8, 4) is 5.75 Å². The van der Waals surface area contributed by atoms with Crippen molar-refractivity contribution in [2.24, 2.45) is 0 Å². The number of aryl methyl sites for hydroxylation is 1. The molecule has 0 spiro atoms. The van der Waals surface area contributed by atoms with E-state index in [1.165, 1.54) is 11.4 Å². The van der Waals surface area contributed by atoms with Gasteiger partial charge in [-0.15, -0.1) is 0 Å². The van der Waals surface area contributed by atoms with Crippen LogP contribution in [0.25, 0.3) is 0 Å². The topological polar surface area (TPSA) is 75.7 Å². The molecular weight excluding hydrogens is 388 g/mol. The molecule has 6 nitrogen and oxygen atoms in total. The molecule has 1 amide bonds. The van der Waals surface area contributed by atoms with Crippen LogP contribution in [0.1, 0.15) is 37.8 Å². The molecule has 0 aliphatic rings. The zero-order valence-corrected chi connectivity index (χ0v) is 18.3. The number of rotatable bonds is 10. The monoisotopic (exact) mass is 418 g/mol. The Hall–Kier alpha value is -2.38. The second kappa shape index (κ2) is 10.4. The van der Waals surface area contributed by atoms with Crippen molar-refractivity contribution in [3.63, 3.8) is 0 Å². The molecule has 0 radical (unpaired) electrons. The van der Waals surface area contributed by atoms with Crippen LogP contribution in [0.3, 0.4) is 0 Å². The van der Waals surface area contributed by atoms with E-state index in [-0.39, 0.29) is 35.7 Å². The summed E-state index contributed by atoms with van der Waals surface area (Å²) in [5, 5.41) is 2.88. The predicted octanol–water partition coefficient (Wildman–Crippen LogP) is 3.50. The van der Waals surface area contributed by atoms with Crippen LogP contribution in [0, 0.1) is 6.92 Å². The van der Waals surface area contributed by atoms with E-state index < -0.39 is 10.0 Å². The molecule has 0 aliphatic heterocycles. The summed E-state index contributed by atoms with van der Waals surface area (Å²) < 4.78 is 33.4. The van der Waals surface area contributed by atoms with Gasteiger partial charge in [0.25, 0.3) is 0 Å². The fourth-order valence-electron chi connectivity index (χ4n) is 3.12. The number of carbonyl (C=O) groups is 1. The number of methoxy groups -OCH3 is 1. The summed E-state index contributed by atoms with van der Waals surface area (Å²) in [7, 11) is -2.53. The molecule has 0 bridgehead atoms. The SMILES string of the molecule is CCC[C@H](C)NC(=O)CN(Cc1ccccc1)S(=O)(=O)c1cc(C)ccc1OC. The van der Waals surface area contributed by atoms with Gasteiger partial charge >= 0.3 is 0 Å². The Morgan fingerprint density at radius 1 is 1.17 bits per heavy atom. The van der Waals surface area contributed by atoms with E-state index in [9.17, 15) is 13.2 Å². The van der Waals surface area contributed by atoms with Crippen LogP contribution >= 0.6 is 0 Å². The van der Waals surface area contributed by atoms with Gasteiger partial charge in [-0.3, -0.25) is 4.79 Å². The molecule has 1 atom stereocenters. The maximum atomic E-state index is 13.5. The summed E-state index contributed by atoms with van der Waals surface area (Å²) in [6, 6.07) is 14.2. The average Bonchev–Trinajstić information content (AvgIpc) is 2.68. The Morgan fingerprint density at radius 3 is 2.48 bits per heavy atom. The third-order valence-corrected chi connectivity index (χ3v) is 6.40. The van der Waals surface area contributed by atoms with Crippen molar-refractivity contribution in [2.45, 2.75) is 51.1 Å². The van der Waals surface area contributed by atoms with Gasteiger partial charge < -0.3 is 10.1 Å². The first-order valence-corrected chi connectivity index (χ1v) is 11.2. The molecule has 158 valence electrons. The number of benzene rings is 2. The van der Waals surface area contributed by atoms with E-state index in [2.05, 4.69) is 5.32 Å². The first kappa shape index (κ1) is 22.9. The molecule has 29 heavy (non-hydrogen) atoms. The third-order valence-electron chi connectivity index (χ3n) is 4.59. The molecule has 0 aromatic heterocycles. The highest BCUT2D eigenvalue weighted by atomic mass is 32.2. The fourth-order valence-corrected chi connectivity index (χ4v) is 4.75. The molecule has 2 rings (SSSR count). The van der Waals surface area contributed by atoms with Crippen LogP contribution in [0.15, 0.2) is 53.4 Å². The Balaban J connectivity index is 2.38. The van der Waals surface area contributed by atoms with Gasteiger partial charge in [-0.25, -0.2) is 8.42 Å². The quantitative estimate of drug-likeness (QED) is 0.641. The number of sulfonamides is 1. The van der Waals surface area contributed by atoms with Crippen LogP contribution in [0.2, 0.25) is 0 Å². The summed E-state index contributed by atoms with van der Waals surface area (Å²) in [6.45, 7) is 5.61. The lowest BCUT2D eigenvalue weighted by atomic mass is 10.2. The van der Waals surface area contributed by atoms with Crippen molar-refractivity contribution in [1.29, 1.82) is 0 Å². The lowest BCUT2D eigenvalue weighted by Gasteiger charge is -2.24. The molecule has 0 aliphatic carbocycles. The number of hydrogen-bond acceptors (Lipinski definition) is 4. The zero-order valence-electron chi connectivity index (χ0n) is 17.5. The lowest BCUT2D eigenvalue weighted by Crippen LogP contribution is -2.43. The van der Waals surface area contributed by atoms with E-state index in [1.807, 2.05) is 51.1 Å². The highest BCUT2D eigenvalue weighted by molar-refractivity contribution is 7.89. The Bertz CT molecular complexity index is 914. The van der Waals surface area contributed by atoms with Crippen LogP contribution in [-0.4, -0.2) is 38.3 Å². The number of amides is 1. The van der Waals surface area contributed by atoms with Gasteiger partial charge in [-0.1, -0.05) is 49.7 Å². The second-order valence-electron chi connectivity index (χ2n) is 7.17. The van der Waals surface area contributed by atoms with Crippen LogP contribution in [0.4, 0.5) is 0 Å².